The Morgan fingerprint density at radius 3 is 2.81 bits per heavy atom. The van der Waals surface area contributed by atoms with Gasteiger partial charge in [-0.05, 0) is 20.3 Å². The van der Waals surface area contributed by atoms with Gasteiger partial charge in [0.15, 0.2) is 5.75 Å². The summed E-state index contributed by atoms with van der Waals surface area (Å²) in [6, 6.07) is 0.160. The van der Waals surface area contributed by atoms with Crippen molar-refractivity contribution in [1.82, 2.24) is 4.57 Å². The molecule has 16 heavy (non-hydrogen) atoms. The summed E-state index contributed by atoms with van der Waals surface area (Å²) in [5, 5.41) is 3.24. The van der Waals surface area contributed by atoms with E-state index in [1.165, 1.54) is 0 Å². The van der Waals surface area contributed by atoms with E-state index in [2.05, 4.69) is 12.2 Å². The largest absolute Gasteiger partial charge is 0.486 e. The normalized spacial score (nSPS) is 23.2. The number of nitrogens with one attached hydrogen (secondary N) is 1. The van der Waals surface area contributed by atoms with Gasteiger partial charge in [-0.15, -0.1) is 0 Å². The van der Waals surface area contributed by atoms with E-state index in [4.69, 9.17) is 4.74 Å². The summed E-state index contributed by atoms with van der Waals surface area (Å²) in [6.07, 6.45) is 2.80. The molecule has 1 N–H and O–H groups in total. The first-order chi connectivity index (χ1) is 7.54. The average Bonchev–Trinajstić information content (AvgIpc) is 2.26. The Hall–Kier alpha value is -1.45. The lowest BCUT2D eigenvalue weighted by molar-refractivity contribution is 0.191. The van der Waals surface area contributed by atoms with Gasteiger partial charge in [0, 0.05) is 18.8 Å². The zero-order valence-corrected chi connectivity index (χ0v) is 10.2. The summed E-state index contributed by atoms with van der Waals surface area (Å²) < 4.78 is 7.43. The van der Waals surface area contributed by atoms with Crippen molar-refractivity contribution in [3.8, 4) is 5.75 Å². The molecule has 88 valence electrons. The fraction of sp³-hybridized carbons (Fsp3) is 0.583. The van der Waals surface area contributed by atoms with E-state index in [0.29, 0.717) is 5.69 Å². The van der Waals surface area contributed by atoms with Gasteiger partial charge in [-0.1, -0.05) is 6.92 Å². The molecular formula is C12H18N2O2. The van der Waals surface area contributed by atoms with Crippen LogP contribution in [0.3, 0.4) is 0 Å². The molecule has 0 amide bonds. The van der Waals surface area contributed by atoms with Crippen LogP contribution in [0.4, 0.5) is 5.69 Å². The molecule has 0 saturated heterocycles. The number of hydrogen-bond donors (Lipinski definition) is 1. The molecule has 0 spiro atoms. The molecule has 4 nitrogen and oxygen atoms in total. The molecule has 2 heterocycles. The third-order valence-corrected chi connectivity index (χ3v) is 3.16. The second-order valence-corrected chi connectivity index (χ2v) is 4.38. The van der Waals surface area contributed by atoms with E-state index < -0.39 is 0 Å². The van der Waals surface area contributed by atoms with E-state index >= 15 is 0 Å². The third-order valence-electron chi connectivity index (χ3n) is 3.16. The number of rotatable bonds is 1. The molecule has 2 atom stereocenters. The number of anilines is 1. The number of aromatic nitrogens is 1. The lowest BCUT2D eigenvalue weighted by Gasteiger charge is -2.31. The molecule has 0 aliphatic carbocycles. The molecule has 1 aromatic rings. The third kappa shape index (κ3) is 1.58. The second kappa shape index (κ2) is 3.85. The molecule has 1 aliphatic rings. The quantitative estimate of drug-likeness (QED) is 0.783. The molecule has 0 aromatic carbocycles. The maximum absolute atomic E-state index is 12.0. The average molecular weight is 222 g/mol. The van der Waals surface area contributed by atoms with Gasteiger partial charge in [-0.25, -0.2) is 0 Å². The van der Waals surface area contributed by atoms with Crippen LogP contribution in [0.2, 0.25) is 0 Å². The lowest BCUT2D eigenvalue weighted by Crippen LogP contribution is -2.40. The van der Waals surface area contributed by atoms with Crippen molar-refractivity contribution in [2.45, 2.75) is 39.3 Å². The molecule has 4 heteroatoms. The van der Waals surface area contributed by atoms with Gasteiger partial charge in [0.25, 0.3) is 5.56 Å². The Morgan fingerprint density at radius 2 is 2.19 bits per heavy atom. The maximum atomic E-state index is 12.0. The lowest BCUT2D eigenvalue weighted by atomic mass is 10.1. The Labute approximate surface area is 95.2 Å². The topological polar surface area (TPSA) is 43.3 Å². The van der Waals surface area contributed by atoms with E-state index in [1.807, 2.05) is 20.0 Å². The minimum atomic E-state index is -0.0223. The van der Waals surface area contributed by atoms with Crippen LogP contribution in [0.5, 0.6) is 5.75 Å². The van der Waals surface area contributed by atoms with Crippen LogP contribution >= 0.6 is 0 Å². The monoisotopic (exact) mass is 222 g/mol. The van der Waals surface area contributed by atoms with Crippen molar-refractivity contribution < 1.29 is 4.74 Å². The number of ether oxygens (including phenoxy) is 1. The predicted molar refractivity (Wildman–Crippen MR) is 64.2 cm³/mol. The van der Waals surface area contributed by atoms with Crippen LogP contribution in [0, 0.1) is 0 Å². The maximum Gasteiger partial charge on any atom is 0.277 e. The van der Waals surface area contributed by atoms with Crippen molar-refractivity contribution in [3.63, 3.8) is 0 Å². The van der Waals surface area contributed by atoms with Gasteiger partial charge >= 0.3 is 0 Å². The summed E-state index contributed by atoms with van der Waals surface area (Å²) in [4.78, 5) is 12.0. The molecular weight excluding hydrogens is 204 g/mol. The minimum Gasteiger partial charge on any atom is -0.486 e. The first-order valence-electron chi connectivity index (χ1n) is 5.70. The highest BCUT2D eigenvalue weighted by molar-refractivity contribution is 5.60. The van der Waals surface area contributed by atoms with Crippen molar-refractivity contribution in [3.05, 3.63) is 22.1 Å². The Balaban J connectivity index is 2.62. The molecule has 0 bridgehead atoms. The van der Waals surface area contributed by atoms with Gasteiger partial charge in [0.2, 0.25) is 0 Å². The van der Waals surface area contributed by atoms with Gasteiger partial charge < -0.3 is 14.6 Å². The summed E-state index contributed by atoms with van der Waals surface area (Å²) in [6.45, 7) is 6.09. The van der Waals surface area contributed by atoms with Gasteiger partial charge in [0.1, 0.15) is 11.8 Å². The predicted octanol–water partition coefficient (Wildman–Crippen LogP) is 1.53. The van der Waals surface area contributed by atoms with Gasteiger partial charge in [0.05, 0.1) is 6.04 Å². The van der Waals surface area contributed by atoms with Crippen molar-refractivity contribution >= 4 is 5.69 Å². The second-order valence-electron chi connectivity index (χ2n) is 4.38. The molecule has 1 aromatic heterocycles. The van der Waals surface area contributed by atoms with Crippen molar-refractivity contribution in [1.29, 1.82) is 0 Å². The van der Waals surface area contributed by atoms with E-state index in [0.717, 1.165) is 17.7 Å². The number of hydrogen-bond acceptors (Lipinski definition) is 3. The summed E-state index contributed by atoms with van der Waals surface area (Å²) in [5.74, 6) is 0.733. The summed E-state index contributed by atoms with van der Waals surface area (Å²) >= 11 is 0. The minimum absolute atomic E-state index is 0.0223. The number of nitrogens with zero attached hydrogens (tertiary/aromatic N) is 1. The SMILES string of the molecule is CCc1cn(C)c(=O)c2c1OC(C)C(C)N2. The Bertz CT molecular complexity index is 465. The number of fused-ring (bicyclic) bond motifs is 1. The van der Waals surface area contributed by atoms with Gasteiger partial charge in [-0.2, -0.15) is 0 Å². The van der Waals surface area contributed by atoms with E-state index in [9.17, 15) is 4.79 Å². The first-order valence-corrected chi connectivity index (χ1v) is 5.70. The van der Waals surface area contributed by atoms with Crippen LogP contribution < -0.4 is 15.6 Å². The molecule has 0 radical (unpaired) electrons. The first kappa shape index (κ1) is 11.0. The smallest absolute Gasteiger partial charge is 0.277 e. The molecule has 2 unspecified atom stereocenters. The molecule has 0 fully saturated rings. The zero-order chi connectivity index (χ0) is 11.9. The van der Waals surface area contributed by atoms with Crippen LogP contribution in [0.1, 0.15) is 26.3 Å². The summed E-state index contributed by atoms with van der Waals surface area (Å²) in [7, 11) is 1.77. The van der Waals surface area contributed by atoms with Crippen LogP contribution in [0.25, 0.3) is 0 Å². The van der Waals surface area contributed by atoms with Crippen molar-refractivity contribution in [2.75, 3.05) is 5.32 Å². The van der Waals surface area contributed by atoms with E-state index in [1.54, 1.807) is 11.6 Å². The highest BCUT2D eigenvalue weighted by Crippen LogP contribution is 2.31. The Kier molecular flexibility index (Phi) is 2.66. The zero-order valence-electron chi connectivity index (χ0n) is 10.2. The number of pyridine rings is 1. The van der Waals surface area contributed by atoms with Crippen LogP contribution in [0.15, 0.2) is 11.0 Å². The van der Waals surface area contributed by atoms with Gasteiger partial charge in [-0.3, -0.25) is 4.79 Å². The highest BCUT2D eigenvalue weighted by atomic mass is 16.5. The Morgan fingerprint density at radius 1 is 1.50 bits per heavy atom. The van der Waals surface area contributed by atoms with Crippen molar-refractivity contribution in [2.24, 2.45) is 7.05 Å². The molecule has 0 saturated carbocycles. The van der Waals surface area contributed by atoms with E-state index in [-0.39, 0.29) is 17.7 Å². The standard InChI is InChI=1S/C12H18N2O2/c1-5-9-6-14(4)12(15)10-11(9)16-8(3)7(2)13-10/h6-8,13H,5H2,1-4H3. The fourth-order valence-electron chi connectivity index (χ4n) is 1.93. The van der Waals surface area contributed by atoms with Crippen LogP contribution in [-0.4, -0.2) is 16.7 Å². The highest BCUT2D eigenvalue weighted by Gasteiger charge is 2.27. The molecule has 2 rings (SSSR count). The van der Waals surface area contributed by atoms with Crippen LogP contribution in [-0.2, 0) is 13.5 Å². The summed E-state index contributed by atoms with van der Waals surface area (Å²) in [5.41, 5.74) is 1.65. The molecule has 1 aliphatic heterocycles. The number of aryl methyl sites for hydroxylation is 2. The fourth-order valence-corrected chi connectivity index (χ4v) is 1.93.